The second kappa shape index (κ2) is 7.00. The van der Waals surface area contributed by atoms with Gasteiger partial charge < -0.3 is 20.5 Å². The fraction of sp³-hybridized carbons (Fsp3) is 0.533. The number of amides is 1. The van der Waals surface area contributed by atoms with Crippen molar-refractivity contribution in [2.45, 2.75) is 31.7 Å². The van der Waals surface area contributed by atoms with E-state index in [1.54, 1.807) is 26.4 Å². The van der Waals surface area contributed by atoms with Crippen LogP contribution in [0.1, 0.15) is 35.2 Å². The Morgan fingerprint density at radius 3 is 2.19 bits per heavy atom. The average molecular weight is 315 g/mol. The summed E-state index contributed by atoms with van der Waals surface area (Å²) in [6, 6.07) is 3.44. The van der Waals surface area contributed by atoms with Crippen molar-refractivity contribution in [3.8, 4) is 11.5 Å². The molecule has 1 aliphatic rings. The van der Waals surface area contributed by atoms with Crippen LogP contribution < -0.4 is 20.5 Å². The molecule has 2 rings (SSSR count). The fourth-order valence-electron chi connectivity index (χ4n) is 2.38. The van der Waals surface area contributed by atoms with Gasteiger partial charge in [0.2, 0.25) is 0 Å². The predicted molar refractivity (Wildman–Crippen MR) is 84.6 cm³/mol. The Balaban J connectivity index is 0.00000220. The van der Waals surface area contributed by atoms with E-state index in [1.165, 1.54) is 0 Å². The third-order valence-corrected chi connectivity index (χ3v) is 3.96. The summed E-state index contributed by atoms with van der Waals surface area (Å²) in [6.45, 7) is 2.40. The second-order valence-electron chi connectivity index (χ2n) is 5.40. The zero-order valence-corrected chi connectivity index (χ0v) is 13.5. The van der Waals surface area contributed by atoms with Crippen LogP contribution in [0.3, 0.4) is 0 Å². The van der Waals surface area contributed by atoms with E-state index in [0.717, 1.165) is 24.8 Å². The zero-order valence-electron chi connectivity index (χ0n) is 12.7. The summed E-state index contributed by atoms with van der Waals surface area (Å²) < 4.78 is 10.5. The van der Waals surface area contributed by atoms with Crippen molar-refractivity contribution in [1.82, 2.24) is 5.32 Å². The molecule has 1 amide bonds. The van der Waals surface area contributed by atoms with Crippen molar-refractivity contribution in [3.05, 3.63) is 23.3 Å². The van der Waals surface area contributed by atoms with E-state index in [1.807, 2.05) is 6.92 Å². The summed E-state index contributed by atoms with van der Waals surface area (Å²) in [5, 5.41) is 2.89. The molecule has 3 N–H and O–H groups in total. The number of halogens is 1. The summed E-state index contributed by atoms with van der Waals surface area (Å²) in [4.78, 5) is 12.2. The summed E-state index contributed by atoms with van der Waals surface area (Å²) in [6.07, 6.45) is 3.07. The van der Waals surface area contributed by atoms with Crippen LogP contribution in [0.4, 0.5) is 0 Å². The maximum absolute atomic E-state index is 12.2. The maximum atomic E-state index is 12.2. The van der Waals surface area contributed by atoms with Crippen LogP contribution >= 0.6 is 12.4 Å². The van der Waals surface area contributed by atoms with Crippen molar-refractivity contribution < 1.29 is 14.3 Å². The van der Waals surface area contributed by atoms with Crippen molar-refractivity contribution in [2.24, 2.45) is 5.73 Å². The van der Waals surface area contributed by atoms with E-state index in [9.17, 15) is 4.79 Å². The van der Waals surface area contributed by atoms with Crippen molar-refractivity contribution in [2.75, 3.05) is 20.8 Å². The first kappa shape index (κ1) is 17.6. The molecule has 0 saturated heterocycles. The molecule has 21 heavy (non-hydrogen) atoms. The van der Waals surface area contributed by atoms with Gasteiger partial charge in [-0.1, -0.05) is 0 Å². The molecule has 1 aromatic rings. The van der Waals surface area contributed by atoms with Gasteiger partial charge in [0, 0.05) is 23.2 Å². The maximum Gasteiger partial charge on any atom is 0.251 e. The minimum atomic E-state index is -0.228. The Hall–Kier alpha value is -1.46. The Bertz CT molecular complexity index is 491. The lowest BCUT2D eigenvalue weighted by Gasteiger charge is -2.38. The number of rotatable bonds is 5. The van der Waals surface area contributed by atoms with Crippen molar-refractivity contribution >= 4 is 18.3 Å². The number of carbonyl (C=O) groups is 1. The largest absolute Gasteiger partial charge is 0.496 e. The highest BCUT2D eigenvalue weighted by Crippen LogP contribution is 2.30. The Labute approximate surface area is 131 Å². The average Bonchev–Trinajstić information content (AvgIpc) is 2.42. The second-order valence-corrected chi connectivity index (χ2v) is 5.40. The molecule has 1 fully saturated rings. The molecule has 0 unspecified atom stereocenters. The van der Waals surface area contributed by atoms with Gasteiger partial charge in [-0.3, -0.25) is 4.79 Å². The van der Waals surface area contributed by atoms with Crippen LogP contribution in [0.5, 0.6) is 11.5 Å². The van der Waals surface area contributed by atoms with Crippen molar-refractivity contribution in [3.63, 3.8) is 0 Å². The van der Waals surface area contributed by atoms with Crippen molar-refractivity contribution in [1.29, 1.82) is 0 Å². The molecular weight excluding hydrogens is 292 g/mol. The quantitative estimate of drug-likeness (QED) is 0.872. The van der Waals surface area contributed by atoms with E-state index >= 15 is 0 Å². The van der Waals surface area contributed by atoms with Crippen LogP contribution in [0.15, 0.2) is 12.1 Å². The molecule has 0 atom stereocenters. The van der Waals surface area contributed by atoms with Gasteiger partial charge in [-0.15, -0.1) is 12.4 Å². The van der Waals surface area contributed by atoms with E-state index in [0.29, 0.717) is 23.6 Å². The van der Waals surface area contributed by atoms with Gasteiger partial charge in [0.25, 0.3) is 5.91 Å². The molecule has 0 heterocycles. The Morgan fingerprint density at radius 1 is 1.29 bits per heavy atom. The number of hydrogen-bond acceptors (Lipinski definition) is 4. The van der Waals surface area contributed by atoms with Crippen LogP contribution in [0.2, 0.25) is 0 Å². The van der Waals surface area contributed by atoms with Crippen LogP contribution in [-0.2, 0) is 0 Å². The Kier molecular flexibility index (Phi) is 5.87. The summed E-state index contributed by atoms with van der Waals surface area (Å²) in [5.74, 6) is 1.12. The number of methoxy groups -OCH3 is 2. The SMILES string of the molecule is COc1cc(C(=O)NCC2(N)CCC2)cc(OC)c1C.Cl. The normalized spacial score (nSPS) is 15.4. The number of nitrogens with one attached hydrogen (secondary N) is 1. The van der Waals surface area contributed by atoms with Crippen LogP contribution in [0.25, 0.3) is 0 Å². The zero-order chi connectivity index (χ0) is 14.8. The van der Waals surface area contributed by atoms with E-state index in [4.69, 9.17) is 15.2 Å². The van der Waals surface area contributed by atoms with Gasteiger partial charge in [-0.2, -0.15) is 0 Å². The van der Waals surface area contributed by atoms with E-state index < -0.39 is 0 Å². The molecule has 6 heteroatoms. The third-order valence-electron chi connectivity index (χ3n) is 3.96. The third kappa shape index (κ3) is 3.80. The molecular formula is C15H23ClN2O3. The number of carbonyl (C=O) groups excluding carboxylic acids is 1. The first-order valence-corrected chi connectivity index (χ1v) is 6.79. The molecule has 1 saturated carbocycles. The highest BCUT2D eigenvalue weighted by Gasteiger charge is 2.32. The number of ether oxygens (including phenoxy) is 2. The minimum Gasteiger partial charge on any atom is -0.496 e. The molecule has 5 nitrogen and oxygen atoms in total. The van der Waals surface area contributed by atoms with Gasteiger partial charge in [0.1, 0.15) is 11.5 Å². The van der Waals surface area contributed by atoms with Gasteiger partial charge in [0.05, 0.1) is 14.2 Å². The topological polar surface area (TPSA) is 73.6 Å². The summed E-state index contributed by atoms with van der Waals surface area (Å²) in [7, 11) is 3.15. The van der Waals surface area contributed by atoms with E-state index in [-0.39, 0.29) is 23.9 Å². The first-order chi connectivity index (χ1) is 9.49. The molecule has 0 bridgehead atoms. The number of nitrogens with two attached hydrogens (primary N) is 1. The number of benzene rings is 1. The summed E-state index contributed by atoms with van der Waals surface area (Å²) >= 11 is 0. The van der Waals surface area contributed by atoms with Crippen LogP contribution in [0, 0.1) is 6.92 Å². The molecule has 118 valence electrons. The molecule has 0 aromatic heterocycles. The lowest BCUT2D eigenvalue weighted by molar-refractivity contribution is 0.0929. The highest BCUT2D eigenvalue weighted by atomic mass is 35.5. The molecule has 1 aromatic carbocycles. The molecule has 0 aliphatic heterocycles. The van der Waals surface area contributed by atoms with Gasteiger partial charge >= 0.3 is 0 Å². The first-order valence-electron chi connectivity index (χ1n) is 6.79. The molecule has 1 aliphatic carbocycles. The van der Waals surface area contributed by atoms with Gasteiger partial charge in [-0.05, 0) is 38.3 Å². The minimum absolute atomic E-state index is 0. The lowest BCUT2D eigenvalue weighted by atomic mass is 9.78. The highest BCUT2D eigenvalue weighted by molar-refractivity contribution is 5.95. The molecule has 0 spiro atoms. The summed E-state index contributed by atoms with van der Waals surface area (Å²) in [5.41, 5.74) is 7.27. The fourth-order valence-corrected chi connectivity index (χ4v) is 2.38. The van der Waals surface area contributed by atoms with Gasteiger partial charge in [-0.25, -0.2) is 0 Å². The molecule has 0 radical (unpaired) electrons. The van der Waals surface area contributed by atoms with E-state index in [2.05, 4.69) is 5.32 Å². The number of hydrogen-bond donors (Lipinski definition) is 2. The van der Waals surface area contributed by atoms with Gasteiger partial charge in [0.15, 0.2) is 0 Å². The lowest BCUT2D eigenvalue weighted by Crippen LogP contribution is -2.54. The van der Waals surface area contributed by atoms with Crippen LogP contribution in [-0.4, -0.2) is 32.2 Å². The smallest absolute Gasteiger partial charge is 0.251 e. The predicted octanol–water partition coefficient (Wildman–Crippen LogP) is 2.05. The monoisotopic (exact) mass is 314 g/mol. The standard InChI is InChI=1S/C15H22N2O3.ClH/c1-10-12(19-2)7-11(8-13(10)20-3)14(18)17-9-15(16)5-4-6-15;/h7-8H,4-6,9,16H2,1-3H3,(H,17,18);1H. The Morgan fingerprint density at radius 2 is 1.81 bits per heavy atom.